The normalized spacial score (nSPS) is 10.8. The van der Waals surface area contributed by atoms with Crippen molar-refractivity contribution in [1.82, 2.24) is 9.13 Å². The maximum Gasteiger partial charge on any atom is 0.332 e. The molecule has 0 aliphatic rings. The van der Waals surface area contributed by atoms with Crippen molar-refractivity contribution in [3.8, 4) is 11.5 Å². The standard InChI is InChI=1S/C19H21N3O5S/c1-4-8-21-18(24)17-14(7-9-28-17)22(19(21)25)11-16(23)20-13-10-12(26-2)5-6-15(13)27-3/h5-7,9-10H,4,8,11H2,1-3H3,(H,20,23). The summed E-state index contributed by atoms with van der Waals surface area (Å²) in [7, 11) is 3.02. The second kappa shape index (κ2) is 8.30. The number of hydrogen-bond donors (Lipinski definition) is 1. The van der Waals surface area contributed by atoms with Gasteiger partial charge in [0.05, 0.1) is 25.4 Å². The van der Waals surface area contributed by atoms with Crippen LogP contribution in [0.3, 0.4) is 0 Å². The smallest absolute Gasteiger partial charge is 0.332 e. The SMILES string of the molecule is CCCn1c(=O)c2sccc2n(CC(=O)Nc2cc(OC)ccc2OC)c1=O. The predicted molar refractivity (Wildman–Crippen MR) is 109 cm³/mol. The molecule has 0 bridgehead atoms. The van der Waals surface area contributed by atoms with Crippen LogP contribution in [0.1, 0.15) is 13.3 Å². The number of carbonyl (C=O) groups is 1. The van der Waals surface area contributed by atoms with E-state index in [1.54, 1.807) is 29.6 Å². The number of hydrogen-bond acceptors (Lipinski definition) is 6. The van der Waals surface area contributed by atoms with Gasteiger partial charge >= 0.3 is 5.69 Å². The largest absolute Gasteiger partial charge is 0.497 e. The average Bonchev–Trinajstić information content (AvgIpc) is 3.18. The highest BCUT2D eigenvalue weighted by molar-refractivity contribution is 7.17. The number of methoxy groups -OCH3 is 2. The van der Waals surface area contributed by atoms with Gasteiger partial charge in [-0.05, 0) is 30.0 Å². The van der Waals surface area contributed by atoms with Crippen LogP contribution in [0.15, 0.2) is 39.2 Å². The van der Waals surface area contributed by atoms with Crippen molar-refractivity contribution in [2.75, 3.05) is 19.5 Å². The molecule has 1 N–H and O–H groups in total. The molecular weight excluding hydrogens is 382 g/mol. The molecule has 0 aliphatic heterocycles. The minimum absolute atomic E-state index is 0.226. The first-order valence-corrected chi connectivity index (χ1v) is 9.60. The van der Waals surface area contributed by atoms with Gasteiger partial charge in [-0.3, -0.25) is 18.7 Å². The first-order valence-electron chi connectivity index (χ1n) is 8.72. The van der Waals surface area contributed by atoms with Crippen LogP contribution in [0, 0.1) is 0 Å². The van der Waals surface area contributed by atoms with Gasteiger partial charge in [-0.2, -0.15) is 0 Å². The van der Waals surface area contributed by atoms with Gasteiger partial charge in [-0.25, -0.2) is 4.79 Å². The van der Waals surface area contributed by atoms with Crippen LogP contribution in [-0.4, -0.2) is 29.3 Å². The Kier molecular flexibility index (Phi) is 5.84. The quantitative estimate of drug-likeness (QED) is 0.654. The molecule has 0 aliphatic carbocycles. The molecule has 0 saturated heterocycles. The molecule has 148 valence electrons. The third-order valence-corrected chi connectivity index (χ3v) is 5.16. The summed E-state index contributed by atoms with van der Waals surface area (Å²) in [6.45, 7) is 1.96. The topological polar surface area (TPSA) is 91.6 Å². The third-order valence-electron chi connectivity index (χ3n) is 4.27. The summed E-state index contributed by atoms with van der Waals surface area (Å²) in [5.41, 5.74) is 0.0805. The minimum Gasteiger partial charge on any atom is -0.497 e. The molecule has 2 aromatic heterocycles. The van der Waals surface area contributed by atoms with Crippen LogP contribution in [0.5, 0.6) is 11.5 Å². The number of aromatic nitrogens is 2. The maximum atomic E-state index is 12.8. The molecule has 8 nitrogen and oxygen atoms in total. The Hall–Kier alpha value is -3.07. The van der Waals surface area contributed by atoms with E-state index >= 15 is 0 Å². The number of nitrogens with one attached hydrogen (secondary N) is 1. The summed E-state index contributed by atoms with van der Waals surface area (Å²) >= 11 is 1.26. The van der Waals surface area contributed by atoms with Crippen LogP contribution in [0.4, 0.5) is 5.69 Å². The van der Waals surface area contributed by atoms with E-state index in [2.05, 4.69) is 5.32 Å². The van der Waals surface area contributed by atoms with Gasteiger partial charge in [0, 0.05) is 12.6 Å². The Morgan fingerprint density at radius 3 is 2.61 bits per heavy atom. The van der Waals surface area contributed by atoms with Crippen molar-refractivity contribution < 1.29 is 14.3 Å². The summed E-state index contributed by atoms with van der Waals surface area (Å²) in [6.07, 6.45) is 0.638. The number of carbonyl (C=O) groups excluding carboxylic acids is 1. The fraction of sp³-hybridized carbons (Fsp3) is 0.316. The van der Waals surface area contributed by atoms with Gasteiger partial charge in [0.15, 0.2) is 0 Å². The second-order valence-electron chi connectivity index (χ2n) is 6.07. The first kappa shape index (κ1) is 19.7. The molecule has 3 aromatic rings. The number of benzene rings is 1. The molecule has 0 saturated carbocycles. The first-order chi connectivity index (χ1) is 13.5. The molecular formula is C19H21N3O5S. The Morgan fingerprint density at radius 2 is 1.93 bits per heavy atom. The van der Waals surface area contributed by atoms with Gasteiger partial charge < -0.3 is 14.8 Å². The molecule has 3 rings (SSSR count). The predicted octanol–water partition coefficient (Wildman–Crippen LogP) is 2.29. The number of amides is 1. The van der Waals surface area contributed by atoms with E-state index in [0.717, 1.165) is 0 Å². The molecule has 0 radical (unpaired) electrons. The monoisotopic (exact) mass is 403 g/mol. The van der Waals surface area contributed by atoms with Crippen LogP contribution < -0.4 is 26.0 Å². The van der Waals surface area contributed by atoms with Gasteiger partial charge in [-0.15, -0.1) is 11.3 Å². The molecule has 2 heterocycles. The van der Waals surface area contributed by atoms with Crippen molar-refractivity contribution in [1.29, 1.82) is 0 Å². The summed E-state index contributed by atoms with van der Waals surface area (Å²) in [6, 6.07) is 6.71. The summed E-state index contributed by atoms with van der Waals surface area (Å²) in [5, 5.41) is 4.48. The molecule has 0 fully saturated rings. The highest BCUT2D eigenvalue weighted by Crippen LogP contribution is 2.28. The molecule has 1 amide bonds. The van der Waals surface area contributed by atoms with Crippen molar-refractivity contribution >= 4 is 33.1 Å². The molecule has 0 atom stereocenters. The summed E-state index contributed by atoms with van der Waals surface area (Å²) in [5.74, 6) is 0.617. The summed E-state index contributed by atoms with van der Waals surface area (Å²) < 4.78 is 13.4. The number of thiophene rings is 1. The zero-order valence-electron chi connectivity index (χ0n) is 15.9. The number of ether oxygens (including phenoxy) is 2. The Balaban J connectivity index is 1.97. The average molecular weight is 403 g/mol. The fourth-order valence-corrected chi connectivity index (χ4v) is 3.79. The van der Waals surface area contributed by atoms with Crippen molar-refractivity contribution in [2.24, 2.45) is 0 Å². The van der Waals surface area contributed by atoms with E-state index in [1.165, 1.54) is 34.7 Å². The van der Waals surface area contributed by atoms with Gasteiger partial charge in [0.25, 0.3) is 5.56 Å². The highest BCUT2D eigenvalue weighted by atomic mass is 32.1. The van der Waals surface area contributed by atoms with Crippen molar-refractivity contribution in [2.45, 2.75) is 26.4 Å². The number of nitrogens with zero attached hydrogens (tertiary/aromatic N) is 2. The summed E-state index contributed by atoms with van der Waals surface area (Å²) in [4.78, 5) is 38.0. The Bertz CT molecular complexity index is 1130. The lowest BCUT2D eigenvalue weighted by Gasteiger charge is -2.14. The van der Waals surface area contributed by atoms with Gasteiger partial charge in [0.2, 0.25) is 5.91 Å². The fourth-order valence-electron chi connectivity index (χ4n) is 2.95. The van der Waals surface area contributed by atoms with Gasteiger partial charge in [-0.1, -0.05) is 6.92 Å². The molecule has 0 spiro atoms. The van der Waals surface area contributed by atoms with Crippen LogP contribution in [0.25, 0.3) is 10.2 Å². The highest BCUT2D eigenvalue weighted by Gasteiger charge is 2.17. The van der Waals surface area contributed by atoms with Crippen LogP contribution in [0.2, 0.25) is 0 Å². The number of rotatable bonds is 7. The van der Waals surface area contributed by atoms with E-state index in [9.17, 15) is 14.4 Å². The lowest BCUT2D eigenvalue weighted by Crippen LogP contribution is -2.41. The molecule has 28 heavy (non-hydrogen) atoms. The van der Waals surface area contributed by atoms with Crippen molar-refractivity contribution in [3.63, 3.8) is 0 Å². The Morgan fingerprint density at radius 1 is 1.14 bits per heavy atom. The third kappa shape index (κ3) is 3.65. The second-order valence-corrected chi connectivity index (χ2v) is 6.99. The zero-order valence-corrected chi connectivity index (χ0v) is 16.7. The van der Waals surface area contributed by atoms with Crippen LogP contribution >= 0.6 is 11.3 Å². The van der Waals surface area contributed by atoms with Crippen LogP contribution in [-0.2, 0) is 17.9 Å². The number of anilines is 1. The molecule has 0 unspecified atom stereocenters. The van der Waals surface area contributed by atoms with Crippen molar-refractivity contribution in [3.05, 3.63) is 50.5 Å². The van der Waals surface area contributed by atoms with E-state index in [-0.39, 0.29) is 12.1 Å². The van der Waals surface area contributed by atoms with Gasteiger partial charge in [0.1, 0.15) is 22.7 Å². The lowest BCUT2D eigenvalue weighted by atomic mass is 10.2. The van der Waals surface area contributed by atoms with E-state index in [1.807, 2.05) is 6.92 Å². The minimum atomic E-state index is -0.495. The molecule has 1 aromatic carbocycles. The van der Waals surface area contributed by atoms with E-state index in [0.29, 0.717) is 40.4 Å². The molecule has 9 heteroatoms. The zero-order chi connectivity index (χ0) is 20.3. The maximum absolute atomic E-state index is 12.8. The van der Waals surface area contributed by atoms with E-state index in [4.69, 9.17) is 9.47 Å². The Labute approximate surface area is 164 Å². The van der Waals surface area contributed by atoms with E-state index < -0.39 is 11.6 Å². The number of fused-ring (bicyclic) bond motifs is 1. The lowest BCUT2D eigenvalue weighted by molar-refractivity contribution is -0.116.